The molecule has 1 saturated carbocycles. The van der Waals surface area contributed by atoms with Crippen LogP contribution in [0.1, 0.15) is 46.0 Å². The average molecular weight is 242 g/mol. The maximum Gasteiger partial charge on any atom is 0.315 e. The third-order valence-corrected chi connectivity index (χ3v) is 3.08. The van der Waals surface area contributed by atoms with Crippen LogP contribution in [0.4, 0.5) is 4.79 Å². The molecule has 0 spiro atoms. The van der Waals surface area contributed by atoms with E-state index < -0.39 is 5.54 Å². The SMILES string of the molecule is CC(C)NC(=O)NC1(/C(N)=N/O)CCCCC1. The summed E-state index contributed by atoms with van der Waals surface area (Å²) in [6, 6.07) is -0.212. The second-order valence-electron chi connectivity index (χ2n) is 4.88. The van der Waals surface area contributed by atoms with Crippen LogP contribution in [0.2, 0.25) is 0 Å². The molecule has 0 heterocycles. The van der Waals surface area contributed by atoms with Gasteiger partial charge >= 0.3 is 6.03 Å². The Morgan fingerprint density at radius 3 is 2.41 bits per heavy atom. The molecular formula is C11H22N4O2. The molecule has 0 bridgehead atoms. The van der Waals surface area contributed by atoms with Crippen LogP contribution in [0.5, 0.6) is 0 Å². The zero-order chi connectivity index (χ0) is 12.9. The van der Waals surface area contributed by atoms with Crippen LogP contribution in [-0.4, -0.2) is 28.7 Å². The summed E-state index contributed by atoms with van der Waals surface area (Å²) >= 11 is 0. The van der Waals surface area contributed by atoms with Crippen molar-refractivity contribution in [3.8, 4) is 0 Å². The summed E-state index contributed by atoms with van der Waals surface area (Å²) in [5.41, 5.74) is 5.03. The maximum atomic E-state index is 11.7. The highest BCUT2D eigenvalue weighted by molar-refractivity contribution is 5.93. The third kappa shape index (κ3) is 3.51. The van der Waals surface area contributed by atoms with Crippen molar-refractivity contribution in [3.63, 3.8) is 0 Å². The van der Waals surface area contributed by atoms with Crippen molar-refractivity contribution in [1.29, 1.82) is 0 Å². The Morgan fingerprint density at radius 2 is 1.94 bits per heavy atom. The molecule has 6 heteroatoms. The van der Waals surface area contributed by atoms with E-state index in [1.807, 2.05) is 13.8 Å². The Hall–Kier alpha value is -1.46. The summed E-state index contributed by atoms with van der Waals surface area (Å²) in [7, 11) is 0. The van der Waals surface area contributed by atoms with E-state index in [2.05, 4.69) is 15.8 Å². The fraction of sp³-hybridized carbons (Fsp3) is 0.818. The van der Waals surface area contributed by atoms with Crippen molar-refractivity contribution in [2.45, 2.75) is 57.5 Å². The van der Waals surface area contributed by atoms with E-state index in [0.717, 1.165) is 19.3 Å². The van der Waals surface area contributed by atoms with E-state index >= 15 is 0 Å². The van der Waals surface area contributed by atoms with Gasteiger partial charge in [0.05, 0.1) is 0 Å². The summed E-state index contributed by atoms with van der Waals surface area (Å²) in [5.74, 6) is 0.0936. The molecule has 5 N–H and O–H groups in total. The van der Waals surface area contributed by atoms with Gasteiger partial charge in [-0.1, -0.05) is 24.4 Å². The van der Waals surface area contributed by atoms with Gasteiger partial charge in [0, 0.05) is 6.04 Å². The molecule has 98 valence electrons. The van der Waals surface area contributed by atoms with E-state index in [9.17, 15) is 4.79 Å². The van der Waals surface area contributed by atoms with Gasteiger partial charge < -0.3 is 21.6 Å². The Labute approximate surface area is 102 Å². The molecule has 1 aliphatic carbocycles. The highest BCUT2D eigenvalue weighted by Gasteiger charge is 2.38. The quantitative estimate of drug-likeness (QED) is 0.258. The van der Waals surface area contributed by atoms with Crippen molar-refractivity contribution < 1.29 is 10.0 Å². The second kappa shape index (κ2) is 5.75. The first-order chi connectivity index (χ1) is 8.00. The summed E-state index contributed by atoms with van der Waals surface area (Å²) in [4.78, 5) is 11.7. The Kier molecular flexibility index (Phi) is 4.60. The molecule has 0 aliphatic heterocycles. The van der Waals surface area contributed by atoms with E-state index in [4.69, 9.17) is 10.9 Å². The average Bonchev–Trinajstić information content (AvgIpc) is 2.27. The topological polar surface area (TPSA) is 99.7 Å². The molecule has 1 fully saturated rings. The lowest BCUT2D eigenvalue weighted by molar-refractivity contribution is 0.220. The highest BCUT2D eigenvalue weighted by Crippen LogP contribution is 2.28. The molecule has 6 nitrogen and oxygen atoms in total. The van der Waals surface area contributed by atoms with Gasteiger partial charge in [-0.25, -0.2) is 4.79 Å². The lowest BCUT2D eigenvalue weighted by atomic mass is 9.81. The lowest BCUT2D eigenvalue weighted by Gasteiger charge is -2.36. The number of hydrogen-bond donors (Lipinski definition) is 4. The Bertz CT molecular complexity index is 296. The number of rotatable bonds is 3. The minimum Gasteiger partial charge on any atom is -0.409 e. The molecule has 1 rings (SSSR count). The molecular weight excluding hydrogens is 220 g/mol. The minimum atomic E-state index is -0.689. The number of carbonyl (C=O) groups is 1. The number of carbonyl (C=O) groups excluding carboxylic acids is 1. The van der Waals surface area contributed by atoms with Gasteiger partial charge in [0.1, 0.15) is 5.54 Å². The predicted octanol–water partition coefficient (Wildman–Crippen LogP) is 1.14. The molecule has 2 amide bonds. The molecule has 0 unspecified atom stereocenters. The third-order valence-electron chi connectivity index (χ3n) is 3.08. The van der Waals surface area contributed by atoms with Crippen molar-refractivity contribution in [2.75, 3.05) is 0 Å². The van der Waals surface area contributed by atoms with Crippen LogP contribution in [-0.2, 0) is 0 Å². The van der Waals surface area contributed by atoms with Crippen molar-refractivity contribution in [1.82, 2.24) is 10.6 Å². The first kappa shape index (κ1) is 13.6. The second-order valence-corrected chi connectivity index (χ2v) is 4.88. The molecule has 0 atom stereocenters. The van der Waals surface area contributed by atoms with E-state index in [-0.39, 0.29) is 17.9 Å². The summed E-state index contributed by atoms with van der Waals surface area (Å²) in [6.07, 6.45) is 4.49. The summed E-state index contributed by atoms with van der Waals surface area (Å²) < 4.78 is 0. The highest BCUT2D eigenvalue weighted by atomic mass is 16.4. The summed E-state index contributed by atoms with van der Waals surface area (Å²) in [5, 5.41) is 17.5. The summed E-state index contributed by atoms with van der Waals surface area (Å²) in [6.45, 7) is 3.77. The number of nitrogens with two attached hydrogens (primary N) is 1. The van der Waals surface area contributed by atoms with Gasteiger partial charge in [0.2, 0.25) is 0 Å². The van der Waals surface area contributed by atoms with Crippen LogP contribution >= 0.6 is 0 Å². The normalized spacial score (nSPS) is 20.1. The van der Waals surface area contributed by atoms with Gasteiger partial charge in [-0.3, -0.25) is 0 Å². The van der Waals surface area contributed by atoms with Crippen LogP contribution in [0.3, 0.4) is 0 Å². The molecule has 0 saturated heterocycles. The van der Waals surface area contributed by atoms with Gasteiger partial charge in [-0.05, 0) is 26.7 Å². The Balaban J connectivity index is 2.73. The van der Waals surface area contributed by atoms with Crippen molar-refractivity contribution in [3.05, 3.63) is 0 Å². The fourth-order valence-electron chi connectivity index (χ4n) is 2.21. The minimum absolute atomic E-state index is 0.0583. The molecule has 0 radical (unpaired) electrons. The fourth-order valence-corrected chi connectivity index (χ4v) is 2.21. The van der Waals surface area contributed by atoms with Crippen molar-refractivity contribution in [2.24, 2.45) is 10.9 Å². The number of hydrogen-bond acceptors (Lipinski definition) is 3. The van der Waals surface area contributed by atoms with Crippen molar-refractivity contribution >= 4 is 11.9 Å². The van der Waals surface area contributed by atoms with Crippen LogP contribution in [0.15, 0.2) is 5.16 Å². The zero-order valence-electron chi connectivity index (χ0n) is 10.5. The maximum absolute atomic E-state index is 11.7. The number of nitrogens with one attached hydrogen (secondary N) is 2. The molecule has 0 aromatic heterocycles. The van der Waals surface area contributed by atoms with Crippen LogP contribution in [0.25, 0.3) is 0 Å². The standard InChI is InChI=1S/C11H22N4O2/c1-8(2)13-10(16)14-11(9(12)15-17)6-4-3-5-7-11/h8,17H,3-7H2,1-2H3,(H2,12,15)(H2,13,14,16). The number of nitrogens with zero attached hydrogens (tertiary/aromatic N) is 1. The lowest BCUT2D eigenvalue weighted by Crippen LogP contribution is -2.61. The van der Waals surface area contributed by atoms with Gasteiger partial charge in [0.15, 0.2) is 5.84 Å². The van der Waals surface area contributed by atoms with E-state index in [1.54, 1.807) is 0 Å². The van der Waals surface area contributed by atoms with E-state index in [0.29, 0.717) is 12.8 Å². The van der Waals surface area contributed by atoms with Crippen LogP contribution < -0.4 is 16.4 Å². The molecule has 17 heavy (non-hydrogen) atoms. The first-order valence-electron chi connectivity index (χ1n) is 6.07. The molecule has 0 aromatic rings. The zero-order valence-corrected chi connectivity index (χ0v) is 10.5. The van der Waals surface area contributed by atoms with E-state index in [1.165, 1.54) is 0 Å². The monoisotopic (exact) mass is 242 g/mol. The van der Waals surface area contributed by atoms with Crippen LogP contribution in [0, 0.1) is 0 Å². The number of amidine groups is 1. The first-order valence-corrected chi connectivity index (χ1v) is 6.07. The van der Waals surface area contributed by atoms with Gasteiger partial charge in [-0.2, -0.15) is 0 Å². The predicted molar refractivity (Wildman–Crippen MR) is 66.0 cm³/mol. The largest absolute Gasteiger partial charge is 0.409 e. The number of urea groups is 1. The smallest absolute Gasteiger partial charge is 0.315 e. The van der Waals surface area contributed by atoms with Gasteiger partial charge in [-0.15, -0.1) is 0 Å². The number of amides is 2. The molecule has 0 aromatic carbocycles. The van der Waals surface area contributed by atoms with Gasteiger partial charge in [0.25, 0.3) is 0 Å². The Morgan fingerprint density at radius 1 is 1.35 bits per heavy atom. The number of oxime groups is 1. The molecule has 1 aliphatic rings.